The first kappa shape index (κ1) is 32.1. The normalized spacial score (nSPS) is 16.0. The van der Waals surface area contributed by atoms with Gasteiger partial charge in [-0.25, -0.2) is 29.1 Å². The van der Waals surface area contributed by atoms with E-state index >= 15 is 0 Å². The van der Waals surface area contributed by atoms with E-state index in [1.54, 1.807) is 36.8 Å². The van der Waals surface area contributed by atoms with Crippen LogP contribution in [-0.2, 0) is 38.0 Å². The largest absolute Gasteiger partial charge is 0.478 e. The molecule has 5 aromatic rings. The molecule has 0 amide bonds. The number of aromatic carboxylic acids is 1. The van der Waals surface area contributed by atoms with Gasteiger partial charge in [-0.3, -0.25) is 4.90 Å². The van der Waals surface area contributed by atoms with Crippen molar-refractivity contribution in [3.8, 4) is 6.07 Å². The molecule has 7 rings (SSSR count). The lowest BCUT2D eigenvalue weighted by Crippen LogP contribution is -2.44. The van der Waals surface area contributed by atoms with E-state index in [1.807, 2.05) is 18.3 Å². The van der Waals surface area contributed by atoms with Crippen molar-refractivity contribution in [3.63, 3.8) is 0 Å². The molecule has 0 saturated carbocycles. The Morgan fingerprint density at radius 2 is 1.98 bits per heavy atom. The number of halogens is 1. The van der Waals surface area contributed by atoms with Gasteiger partial charge in [-0.1, -0.05) is 0 Å². The highest BCUT2D eigenvalue weighted by atomic mass is 19.1. The summed E-state index contributed by atoms with van der Waals surface area (Å²) in [7, 11) is 0. The highest BCUT2D eigenvalue weighted by molar-refractivity contribution is 5.92. The van der Waals surface area contributed by atoms with Crippen molar-refractivity contribution in [1.29, 1.82) is 10.7 Å². The lowest BCUT2D eigenvalue weighted by atomic mass is 9.75. The molecule has 0 radical (unpaired) electrons. The number of benzene rings is 2. The van der Waals surface area contributed by atoms with Crippen LogP contribution in [0.2, 0.25) is 0 Å². The van der Waals surface area contributed by atoms with Crippen molar-refractivity contribution in [3.05, 3.63) is 101 Å². The molecular formula is C36H37FN10O2. The number of imidazole rings is 2. The zero-order chi connectivity index (χ0) is 34.1. The van der Waals surface area contributed by atoms with Crippen LogP contribution in [0.5, 0.6) is 0 Å². The minimum atomic E-state index is -0.980. The number of nitrogens with one attached hydrogen (secondary N) is 1. The molecule has 250 valence electrons. The standard InChI is InChI=1S/C36H37FN10O2/c1-2-45-23-40-19-27(45)20-47-31-17-26(34(48)49)3-4-30(31)42-33(47)22-44-13-8-36(7-10-38,9-14-44)35-41-11-5-32(43-35)46-12-6-25-15-24(18-39)16-29(37)28(25)21-46/h3-5,10-11,15-17,19,23,38H,2,6-9,12-14,20-22H2,1H3,(H,48,49). The first-order valence-electron chi connectivity index (χ1n) is 16.5. The molecular weight excluding hydrogens is 623 g/mol. The summed E-state index contributed by atoms with van der Waals surface area (Å²) in [4.78, 5) is 35.3. The number of fused-ring (bicyclic) bond motifs is 2. The molecule has 2 aliphatic heterocycles. The van der Waals surface area contributed by atoms with Crippen molar-refractivity contribution in [2.45, 2.75) is 64.2 Å². The fourth-order valence-corrected chi connectivity index (χ4v) is 7.24. The lowest BCUT2D eigenvalue weighted by molar-refractivity contribution is 0.0697. The Labute approximate surface area is 283 Å². The maximum absolute atomic E-state index is 14.9. The van der Waals surface area contributed by atoms with Crippen LogP contribution in [0.15, 0.2) is 55.1 Å². The molecule has 0 unspecified atom stereocenters. The number of carbonyl (C=O) groups is 1. The van der Waals surface area contributed by atoms with Gasteiger partial charge in [0.2, 0.25) is 0 Å². The second-order valence-electron chi connectivity index (χ2n) is 12.9. The predicted octanol–water partition coefficient (Wildman–Crippen LogP) is 4.94. The number of nitrogens with zero attached hydrogens (tertiary/aromatic N) is 9. The average molecular weight is 661 g/mol. The van der Waals surface area contributed by atoms with Gasteiger partial charge in [0.05, 0.1) is 53.3 Å². The Bertz CT molecular complexity index is 2090. The van der Waals surface area contributed by atoms with E-state index in [1.165, 1.54) is 12.3 Å². The lowest BCUT2D eigenvalue weighted by Gasteiger charge is -2.40. The van der Waals surface area contributed by atoms with Crippen LogP contribution in [0.25, 0.3) is 11.0 Å². The maximum atomic E-state index is 14.9. The SMILES string of the molecule is CCn1cncc1Cn1c(CN2CCC(CC=N)(c3nccc(N4CCc5cc(C#N)cc(F)c5C4)n3)CC2)nc2ccc(C(=O)O)cc21. The Morgan fingerprint density at radius 3 is 2.73 bits per heavy atom. The quantitative estimate of drug-likeness (QED) is 0.199. The monoisotopic (exact) mass is 660 g/mol. The number of carboxylic acid groups (broad SMARTS) is 1. The van der Waals surface area contributed by atoms with Crippen LogP contribution in [0.4, 0.5) is 10.2 Å². The summed E-state index contributed by atoms with van der Waals surface area (Å²) in [6, 6.07) is 12.0. The summed E-state index contributed by atoms with van der Waals surface area (Å²) >= 11 is 0. The van der Waals surface area contributed by atoms with Gasteiger partial charge >= 0.3 is 5.97 Å². The van der Waals surface area contributed by atoms with E-state index in [9.17, 15) is 19.6 Å². The zero-order valence-electron chi connectivity index (χ0n) is 27.3. The number of anilines is 1. The van der Waals surface area contributed by atoms with Gasteiger partial charge in [-0.05, 0) is 93.9 Å². The maximum Gasteiger partial charge on any atom is 0.335 e. The fraction of sp³-hybridized carbons (Fsp3) is 0.361. The fourth-order valence-electron chi connectivity index (χ4n) is 7.24. The van der Waals surface area contributed by atoms with Crippen molar-refractivity contribution >= 4 is 29.0 Å². The minimum absolute atomic E-state index is 0.216. The van der Waals surface area contributed by atoms with E-state index in [-0.39, 0.29) is 11.4 Å². The molecule has 3 aromatic heterocycles. The van der Waals surface area contributed by atoms with E-state index in [0.29, 0.717) is 56.0 Å². The Morgan fingerprint density at radius 1 is 1.14 bits per heavy atom. The molecule has 1 fully saturated rings. The first-order chi connectivity index (χ1) is 23.8. The summed E-state index contributed by atoms with van der Waals surface area (Å²) in [6.45, 7) is 6.41. The van der Waals surface area contributed by atoms with Crippen LogP contribution < -0.4 is 4.90 Å². The number of hydrogen-bond donors (Lipinski definition) is 2. The minimum Gasteiger partial charge on any atom is -0.478 e. The van der Waals surface area contributed by atoms with Gasteiger partial charge in [-0.2, -0.15) is 5.26 Å². The van der Waals surface area contributed by atoms with Crippen molar-refractivity contribution in [1.82, 2.24) is 34.0 Å². The molecule has 0 spiro atoms. The molecule has 2 aliphatic rings. The third-order valence-corrected chi connectivity index (χ3v) is 10.1. The number of aryl methyl sites for hydroxylation is 1. The summed E-state index contributed by atoms with van der Waals surface area (Å²) in [6.07, 6.45) is 9.45. The second-order valence-corrected chi connectivity index (χ2v) is 12.9. The summed E-state index contributed by atoms with van der Waals surface area (Å²) in [5, 5.41) is 27.0. The highest BCUT2D eigenvalue weighted by Crippen LogP contribution is 2.38. The molecule has 2 aromatic carbocycles. The molecule has 49 heavy (non-hydrogen) atoms. The predicted molar refractivity (Wildman–Crippen MR) is 181 cm³/mol. The van der Waals surface area contributed by atoms with Gasteiger partial charge in [0.15, 0.2) is 0 Å². The molecule has 0 bridgehead atoms. The number of carboxylic acids is 1. The van der Waals surface area contributed by atoms with Gasteiger partial charge in [0.25, 0.3) is 0 Å². The summed E-state index contributed by atoms with van der Waals surface area (Å²) < 4.78 is 19.1. The number of hydrogen-bond acceptors (Lipinski definition) is 9. The Hall–Kier alpha value is -5.48. The van der Waals surface area contributed by atoms with Crippen LogP contribution in [0.1, 0.15) is 70.6 Å². The van der Waals surface area contributed by atoms with Crippen LogP contribution in [0.3, 0.4) is 0 Å². The van der Waals surface area contributed by atoms with E-state index in [2.05, 4.69) is 30.8 Å². The average Bonchev–Trinajstić information content (AvgIpc) is 3.72. The molecule has 1 saturated heterocycles. The van der Waals surface area contributed by atoms with Gasteiger partial charge < -0.3 is 24.5 Å². The van der Waals surface area contributed by atoms with E-state index in [4.69, 9.17) is 20.4 Å². The molecule has 0 aliphatic carbocycles. The summed E-state index contributed by atoms with van der Waals surface area (Å²) in [5.74, 6) is 0.921. The number of piperidine rings is 1. The van der Waals surface area contributed by atoms with Crippen LogP contribution >= 0.6 is 0 Å². The second kappa shape index (κ2) is 13.2. The third kappa shape index (κ3) is 6.15. The zero-order valence-corrected chi connectivity index (χ0v) is 27.3. The molecule has 13 heteroatoms. The number of aromatic nitrogens is 6. The van der Waals surface area contributed by atoms with Crippen molar-refractivity contribution in [2.75, 3.05) is 24.5 Å². The van der Waals surface area contributed by atoms with E-state index < -0.39 is 11.4 Å². The van der Waals surface area contributed by atoms with Crippen molar-refractivity contribution in [2.24, 2.45) is 0 Å². The number of likely N-dealkylation sites (tertiary alicyclic amines) is 1. The van der Waals surface area contributed by atoms with Crippen molar-refractivity contribution < 1.29 is 14.3 Å². The molecule has 0 atom stereocenters. The Kier molecular flexibility index (Phi) is 8.64. The number of nitriles is 1. The van der Waals surface area contributed by atoms with E-state index in [0.717, 1.165) is 66.4 Å². The topological polar surface area (TPSA) is 153 Å². The highest BCUT2D eigenvalue weighted by Gasteiger charge is 2.39. The Balaban J connectivity index is 1.12. The van der Waals surface area contributed by atoms with Gasteiger partial charge in [-0.15, -0.1) is 0 Å². The third-order valence-electron chi connectivity index (χ3n) is 10.1. The van der Waals surface area contributed by atoms with Crippen LogP contribution in [-0.4, -0.2) is 70.9 Å². The molecule has 2 N–H and O–H groups in total. The van der Waals surface area contributed by atoms with Gasteiger partial charge in [0, 0.05) is 43.0 Å². The van der Waals surface area contributed by atoms with Gasteiger partial charge in [0.1, 0.15) is 23.3 Å². The summed E-state index contributed by atoms with van der Waals surface area (Å²) in [5.41, 5.74) is 4.11. The first-order valence-corrected chi connectivity index (χ1v) is 16.5. The molecule has 5 heterocycles. The molecule has 12 nitrogen and oxygen atoms in total. The smallest absolute Gasteiger partial charge is 0.335 e. The van der Waals surface area contributed by atoms with Crippen LogP contribution in [0, 0.1) is 22.6 Å². The number of rotatable bonds is 10.